The first-order valence-corrected chi connectivity index (χ1v) is 9.16. The lowest BCUT2D eigenvalue weighted by Crippen LogP contribution is -2.39. The number of carbonyl (C=O) groups excluding carboxylic acids is 2. The molecular weight excluding hydrogens is 342 g/mol. The fourth-order valence-corrected chi connectivity index (χ4v) is 3.27. The molecule has 7 heteroatoms. The zero-order valence-corrected chi connectivity index (χ0v) is 16.0. The fraction of sp³-hybridized carbons (Fsp3) is 0.400. The van der Waals surface area contributed by atoms with Gasteiger partial charge in [0.1, 0.15) is 0 Å². The molecule has 142 valence electrons. The minimum atomic E-state index is -0.119. The van der Waals surface area contributed by atoms with Gasteiger partial charge in [0, 0.05) is 48.7 Å². The Morgan fingerprint density at radius 3 is 2.00 bits per heavy atom. The molecule has 0 saturated carbocycles. The summed E-state index contributed by atoms with van der Waals surface area (Å²) in [5.74, 6) is 0.636. The van der Waals surface area contributed by atoms with Gasteiger partial charge in [0.15, 0.2) is 0 Å². The summed E-state index contributed by atoms with van der Waals surface area (Å²) in [5, 5.41) is 5.67. The van der Waals surface area contributed by atoms with Crippen molar-refractivity contribution in [3.05, 3.63) is 41.7 Å². The first-order valence-electron chi connectivity index (χ1n) is 9.16. The number of aryl methyl sites for hydroxylation is 2. The Morgan fingerprint density at radius 2 is 1.48 bits per heavy atom. The Labute approximate surface area is 159 Å². The molecule has 2 amide bonds. The predicted molar refractivity (Wildman–Crippen MR) is 106 cm³/mol. The number of anilines is 3. The summed E-state index contributed by atoms with van der Waals surface area (Å²) in [6, 6.07) is 9.10. The van der Waals surface area contributed by atoms with E-state index in [4.69, 9.17) is 0 Å². The molecule has 7 nitrogen and oxygen atoms in total. The van der Waals surface area contributed by atoms with E-state index in [0.29, 0.717) is 5.69 Å². The molecule has 1 aliphatic rings. The highest BCUT2D eigenvalue weighted by Crippen LogP contribution is 2.23. The molecule has 1 aromatic heterocycles. The van der Waals surface area contributed by atoms with Crippen molar-refractivity contribution in [3.8, 4) is 0 Å². The van der Waals surface area contributed by atoms with Gasteiger partial charge in [0.25, 0.3) is 0 Å². The van der Waals surface area contributed by atoms with Crippen LogP contribution in [0.2, 0.25) is 0 Å². The van der Waals surface area contributed by atoms with E-state index >= 15 is 0 Å². The van der Waals surface area contributed by atoms with Crippen LogP contribution in [0.15, 0.2) is 30.3 Å². The lowest BCUT2D eigenvalue weighted by molar-refractivity contribution is -0.120. The summed E-state index contributed by atoms with van der Waals surface area (Å²) < 4.78 is 0. The maximum atomic E-state index is 12.6. The maximum Gasteiger partial charge on any atom is 0.227 e. The second-order valence-corrected chi connectivity index (χ2v) is 6.96. The SMILES string of the molecule is CC(=O)Nc1ccc(NC(=O)C2CCN(c3nc(C)cc(C)n3)CC2)cc1. The molecule has 0 unspecified atom stereocenters. The lowest BCUT2D eigenvalue weighted by atomic mass is 9.96. The number of hydrogen-bond acceptors (Lipinski definition) is 5. The molecule has 0 radical (unpaired) electrons. The van der Waals surface area contributed by atoms with Gasteiger partial charge in [-0.3, -0.25) is 9.59 Å². The quantitative estimate of drug-likeness (QED) is 0.868. The van der Waals surface area contributed by atoms with Gasteiger partial charge < -0.3 is 15.5 Å². The van der Waals surface area contributed by atoms with Crippen molar-refractivity contribution in [2.75, 3.05) is 28.6 Å². The van der Waals surface area contributed by atoms with Crippen LogP contribution in [0.1, 0.15) is 31.2 Å². The highest BCUT2D eigenvalue weighted by Gasteiger charge is 2.26. The third-order valence-corrected chi connectivity index (χ3v) is 4.59. The summed E-state index contributed by atoms with van der Waals surface area (Å²) in [6.45, 7) is 6.93. The standard InChI is InChI=1S/C20H25N5O2/c1-13-12-14(2)22-20(21-13)25-10-8-16(9-11-25)19(27)24-18-6-4-17(5-7-18)23-15(3)26/h4-7,12,16H,8-11H2,1-3H3,(H,23,26)(H,24,27). The number of hydrogen-bond donors (Lipinski definition) is 2. The van der Waals surface area contributed by atoms with Crippen molar-refractivity contribution < 1.29 is 9.59 Å². The molecule has 1 aromatic carbocycles. The van der Waals surface area contributed by atoms with Crippen LogP contribution in [0.4, 0.5) is 17.3 Å². The first-order chi connectivity index (χ1) is 12.9. The summed E-state index contributed by atoms with van der Waals surface area (Å²) in [5.41, 5.74) is 3.36. The molecule has 2 aromatic rings. The van der Waals surface area contributed by atoms with Crippen LogP contribution < -0.4 is 15.5 Å². The molecule has 1 fully saturated rings. The Hall–Kier alpha value is -2.96. The number of amides is 2. The van der Waals surface area contributed by atoms with E-state index < -0.39 is 0 Å². The molecule has 0 atom stereocenters. The van der Waals surface area contributed by atoms with Gasteiger partial charge in [0.2, 0.25) is 17.8 Å². The zero-order chi connectivity index (χ0) is 19.4. The van der Waals surface area contributed by atoms with E-state index in [1.165, 1.54) is 6.92 Å². The van der Waals surface area contributed by atoms with Crippen LogP contribution in [0, 0.1) is 19.8 Å². The van der Waals surface area contributed by atoms with Crippen LogP contribution in [-0.2, 0) is 9.59 Å². The number of nitrogens with one attached hydrogen (secondary N) is 2. The average molecular weight is 367 g/mol. The zero-order valence-electron chi connectivity index (χ0n) is 16.0. The molecule has 1 saturated heterocycles. The summed E-state index contributed by atoms with van der Waals surface area (Å²) in [7, 11) is 0. The third kappa shape index (κ3) is 5.03. The minimum Gasteiger partial charge on any atom is -0.341 e. The van der Waals surface area contributed by atoms with Crippen molar-refractivity contribution in [2.24, 2.45) is 5.92 Å². The number of rotatable bonds is 4. The molecule has 27 heavy (non-hydrogen) atoms. The average Bonchev–Trinajstić information content (AvgIpc) is 2.62. The van der Waals surface area contributed by atoms with Gasteiger partial charge >= 0.3 is 0 Å². The van der Waals surface area contributed by atoms with E-state index in [1.54, 1.807) is 24.3 Å². The van der Waals surface area contributed by atoms with Crippen LogP contribution in [0.3, 0.4) is 0 Å². The Morgan fingerprint density at radius 1 is 0.963 bits per heavy atom. The number of piperidine rings is 1. The number of nitrogens with zero attached hydrogens (tertiary/aromatic N) is 3. The van der Waals surface area contributed by atoms with Gasteiger partial charge in [-0.1, -0.05) is 0 Å². The van der Waals surface area contributed by atoms with E-state index in [1.807, 2.05) is 19.9 Å². The molecule has 3 rings (SSSR count). The molecular formula is C20H25N5O2. The van der Waals surface area contributed by atoms with Crippen molar-refractivity contribution in [1.82, 2.24) is 9.97 Å². The van der Waals surface area contributed by atoms with Crippen LogP contribution in [-0.4, -0.2) is 34.9 Å². The predicted octanol–water partition coefficient (Wildman–Crippen LogP) is 2.91. The maximum absolute atomic E-state index is 12.6. The minimum absolute atomic E-state index is 0.0258. The number of aromatic nitrogens is 2. The molecule has 1 aliphatic heterocycles. The van der Waals surface area contributed by atoms with E-state index in [0.717, 1.165) is 49.0 Å². The van der Waals surface area contributed by atoms with Crippen molar-refractivity contribution in [3.63, 3.8) is 0 Å². The Kier molecular flexibility index (Phi) is 5.69. The van der Waals surface area contributed by atoms with Crippen LogP contribution >= 0.6 is 0 Å². The van der Waals surface area contributed by atoms with Gasteiger partial charge in [-0.2, -0.15) is 0 Å². The monoisotopic (exact) mass is 367 g/mol. The van der Waals surface area contributed by atoms with E-state index in [9.17, 15) is 9.59 Å². The highest BCUT2D eigenvalue weighted by molar-refractivity contribution is 5.93. The third-order valence-electron chi connectivity index (χ3n) is 4.59. The van der Waals surface area contributed by atoms with Gasteiger partial charge in [-0.15, -0.1) is 0 Å². The lowest BCUT2D eigenvalue weighted by Gasteiger charge is -2.31. The topological polar surface area (TPSA) is 87.2 Å². The fourth-order valence-electron chi connectivity index (χ4n) is 3.27. The number of carbonyl (C=O) groups is 2. The van der Waals surface area contributed by atoms with Gasteiger partial charge in [-0.25, -0.2) is 9.97 Å². The smallest absolute Gasteiger partial charge is 0.227 e. The normalized spacial score (nSPS) is 14.7. The largest absolute Gasteiger partial charge is 0.341 e. The van der Waals surface area contributed by atoms with Gasteiger partial charge in [-0.05, 0) is 57.0 Å². The van der Waals surface area contributed by atoms with Gasteiger partial charge in [0.05, 0.1) is 0 Å². The highest BCUT2D eigenvalue weighted by atomic mass is 16.2. The Bertz CT molecular complexity index is 807. The van der Waals surface area contributed by atoms with E-state index in [2.05, 4.69) is 25.5 Å². The molecule has 0 aliphatic carbocycles. The summed E-state index contributed by atoms with van der Waals surface area (Å²) in [6.07, 6.45) is 1.54. The van der Waals surface area contributed by atoms with Crippen molar-refractivity contribution >= 4 is 29.1 Å². The molecule has 2 N–H and O–H groups in total. The van der Waals surface area contributed by atoms with Crippen LogP contribution in [0.25, 0.3) is 0 Å². The second-order valence-electron chi connectivity index (χ2n) is 6.96. The van der Waals surface area contributed by atoms with Crippen LogP contribution in [0.5, 0.6) is 0 Å². The molecule has 0 spiro atoms. The summed E-state index contributed by atoms with van der Waals surface area (Å²) >= 11 is 0. The number of benzene rings is 1. The first kappa shape index (κ1) is 18.8. The van der Waals surface area contributed by atoms with E-state index in [-0.39, 0.29) is 17.7 Å². The summed E-state index contributed by atoms with van der Waals surface area (Å²) in [4.78, 5) is 34.8. The molecule has 0 bridgehead atoms. The second kappa shape index (κ2) is 8.16. The molecule has 2 heterocycles. The van der Waals surface area contributed by atoms with Crippen molar-refractivity contribution in [2.45, 2.75) is 33.6 Å². The van der Waals surface area contributed by atoms with Crippen molar-refractivity contribution in [1.29, 1.82) is 0 Å². The Balaban J connectivity index is 1.54.